The maximum atomic E-state index is 5.86. The van der Waals surface area contributed by atoms with E-state index in [-0.39, 0.29) is 5.54 Å². The van der Waals surface area contributed by atoms with E-state index in [2.05, 4.69) is 21.3 Å². The smallest absolute Gasteiger partial charge is 0.0887 e. The zero-order valence-corrected chi connectivity index (χ0v) is 16.2. The van der Waals surface area contributed by atoms with Gasteiger partial charge in [-0.15, -0.1) is 0 Å². The molecule has 0 aliphatic carbocycles. The van der Waals surface area contributed by atoms with E-state index < -0.39 is 0 Å². The highest BCUT2D eigenvalue weighted by atomic mass is 16.5. The van der Waals surface area contributed by atoms with Gasteiger partial charge in [0, 0.05) is 19.8 Å². The van der Waals surface area contributed by atoms with Gasteiger partial charge in [0.2, 0.25) is 0 Å². The Balaban J connectivity index is 4.23. The lowest BCUT2D eigenvalue weighted by atomic mass is 10.0. The summed E-state index contributed by atoms with van der Waals surface area (Å²) < 4.78 is 17.6. The largest absolute Gasteiger partial charge is 0.379 e. The van der Waals surface area contributed by atoms with Gasteiger partial charge in [-0.1, -0.05) is 0 Å². The van der Waals surface area contributed by atoms with Crippen molar-refractivity contribution in [3.63, 3.8) is 0 Å². The molecule has 7 nitrogen and oxygen atoms in total. The van der Waals surface area contributed by atoms with Crippen molar-refractivity contribution in [2.45, 2.75) is 24.8 Å². The Labute approximate surface area is 148 Å². The molecule has 0 aliphatic rings. The Hall–Kier alpha value is -0.280. The van der Waals surface area contributed by atoms with Gasteiger partial charge < -0.3 is 35.5 Å². The highest BCUT2D eigenvalue weighted by Gasteiger charge is 2.29. The summed E-state index contributed by atoms with van der Waals surface area (Å²) >= 11 is 0. The topological polar surface area (TPSA) is 75.8 Å². The van der Waals surface area contributed by atoms with Gasteiger partial charge in [0.25, 0.3) is 0 Å². The molecule has 0 atom stereocenters. The van der Waals surface area contributed by atoms with Crippen molar-refractivity contribution in [1.82, 2.24) is 21.3 Å². The lowest BCUT2D eigenvalue weighted by Gasteiger charge is -2.33. The zero-order chi connectivity index (χ0) is 17.9. The van der Waals surface area contributed by atoms with Gasteiger partial charge in [-0.05, 0) is 67.1 Å². The van der Waals surface area contributed by atoms with E-state index in [9.17, 15) is 0 Å². The normalized spacial score (nSPS) is 12.0. The van der Waals surface area contributed by atoms with Crippen LogP contribution < -0.4 is 21.3 Å². The maximum Gasteiger partial charge on any atom is 0.0887 e. The number of hydrogen-bond donors (Lipinski definition) is 4. The first-order chi connectivity index (χ1) is 11.7. The molecule has 0 amide bonds. The first-order valence-corrected chi connectivity index (χ1v) is 9.10. The molecular formula is C17H40N4O3. The van der Waals surface area contributed by atoms with Crippen molar-refractivity contribution in [3.05, 3.63) is 0 Å². The Bertz CT molecular complexity index is 222. The predicted molar refractivity (Wildman–Crippen MR) is 99.9 cm³/mol. The second kappa shape index (κ2) is 17.5. The van der Waals surface area contributed by atoms with Gasteiger partial charge >= 0.3 is 0 Å². The Morgan fingerprint density at radius 1 is 0.583 bits per heavy atom. The average Bonchev–Trinajstić information content (AvgIpc) is 2.60. The fraction of sp³-hybridized carbons (Fsp3) is 1.00. The third kappa shape index (κ3) is 13.1. The van der Waals surface area contributed by atoms with E-state index >= 15 is 0 Å². The van der Waals surface area contributed by atoms with Gasteiger partial charge in [-0.3, -0.25) is 0 Å². The monoisotopic (exact) mass is 348 g/mol. The SMILES string of the molecule is CNCCCOCC(COCCCNC)(COCCCNC)NC. The van der Waals surface area contributed by atoms with Crippen molar-refractivity contribution < 1.29 is 14.2 Å². The third-order valence-electron chi connectivity index (χ3n) is 3.81. The van der Waals surface area contributed by atoms with Crippen LogP contribution in [0.4, 0.5) is 0 Å². The van der Waals surface area contributed by atoms with Gasteiger partial charge in [-0.2, -0.15) is 0 Å². The van der Waals surface area contributed by atoms with E-state index in [1.165, 1.54) is 0 Å². The van der Waals surface area contributed by atoms with Crippen LogP contribution in [0.2, 0.25) is 0 Å². The first kappa shape index (κ1) is 23.7. The predicted octanol–water partition coefficient (Wildman–Crippen LogP) is -0.177. The molecule has 0 rings (SSSR count). The van der Waals surface area contributed by atoms with Crippen LogP contribution >= 0.6 is 0 Å². The fourth-order valence-electron chi connectivity index (χ4n) is 2.20. The zero-order valence-electron chi connectivity index (χ0n) is 16.2. The van der Waals surface area contributed by atoms with Crippen LogP contribution in [-0.2, 0) is 14.2 Å². The van der Waals surface area contributed by atoms with Crippen LogP contribution in [-0.4, -0.2) is 93.0 Å². The number of ether oxygens (including phenoxy) is 3. The molecule has 0 saturated heterocycles. The summed E-state index contributed by atoms with van der Waals surface area (Å²) in [7, 11) is 7.81. The summed E-state index contributed by atoms with van der Waals surface area (Å²) in [6, 6.07) is 0. The Kier molecular flexibility index (Phi) is 17.3. The van der Waals surface area contributed by atoms with Gasteiger partial charge in [-0.25, -0.2) is 0 Å². The molecule has 0 heterocycles. The summed E-state index contributed by atoms with van der Waals surface area (Å²) in [5.74, 6) is 0. The van der Waals surface area contributed by atoms with Crippen LogP contribution in [0, 0.1) is 0 Å². The molecular weight excluding hydrogens is 308 g/mol. The van der Waals surface area contributed by atoms with Crippen LogP contribution in [0.3, 0.4) is 0 Å². The van der Waals surface area contributed by atoms with Crippen molar-refractivity contribution in [2.24, 2.45) is 0 Å². The lowest BCUT2D eigenvalue weighted by molar-refractivity contribution is -0.0375. The Morgan fingerprint density at radius 3 is 1.17 bits per heavy atom. The molecule has 0 aromatic carbocycles. The molecule has 24 heavy (non-hydrogen) atoms. The molecule has 0 fully saturated rings. The second-order valence-electron chi connectivity index (χ2n) is 6.06. The molecule has 0 spiro atoms. The molecule has 4 N–H and O–H groups in total. The summed E-state index contributed by atoms with van der Waals surface area (Å²) in [4.78, 5) is 0. The van der Waals surface area contributed by atoms with E-state index in [1.54, 1.807) is 0 Å². The van der Waals surface area contributed by atoms with Gasteiger partial charge in [0.05, 0.1) is 25.4 Å². The molecule has 7 heteroatoms. The maximum absolute atomic E-state index is 5.86. The van der Waals surface area contributed by atoms with Crippen LogP contribution in [0.25, 0.3) is 0 Å². The lowest BCUT2D eigenvalue weighted by Crippen LogP contribution is -2.55. The van der Waals surface area contributed by atoms with Crippen LogP contribution in [0.1, 0.15) is 19.3 Å². The van der Waals surface area contributed by atoms with Crippen molar-refractivity contribution in [2.75, 3.05) is 87.5 Å². The summed E-state index contributed by atoms with van der Waals surface area (Å²) in [5, 5.41) is 12.8. The molecule has 0 saturated carbocycles. The fourth-order valence-corrected chi connectivity index (χ4v) is 2.20. The quantitative estimate of drug-likeness (QED) is 0.241. The van der Waals surface area contributed by atoms with Crippen molar-refractivity contribution in [1.29, 1.82) is 0 Å². The minimum Gasteiger partial charge on any atom is -0.379 e. The number of hydrogen-bond acceptors (Lipinski definition) is 7. The highest BCUT2D eigenvalue weighted by Crippen LogP contribution is 2.09. The van der Waals surface area contributed by atoms with E-state index in [0.717, 1.165) is 58.7 Å². The summed E-state index contributed by atoms with van der Waals surface area (Å²) in [6.07, 6.45) is 3.01. The molecule has 0 bridgehead atoms. The first-order valence-electron chi connectivity index (χ1n) is 9.10. The molecule has 0 radical (unpaired) electrons. The van der Waals surface area contributed by atoms with Gasteiger partial charge in [0.1, 0.15) is 0 Å². The number of rotatable bonds is 19. The molecule has 0 aromatic rings. The Morgan fingerprint density at radius 2 is 0.917 bits per heavy atom. The standard InChI is InChI=1S/C17H40N4O3/c1-18-8-5-11-22-14-17(21-4,15-23-12-6-9-19-2)16-24-13-7-10-20-3/h18-21H,5-16H2,1-4H3. The van der Waals surface area contributed by atoms with Gasteiger partial charge in [0.15, 0.2) is 0 Å². The van der Waals surface area contributed by atoms with Crippen molar-refractivity contribution in [3.8, 4) is 0 Å². The second-order valence-corrected chi connectivity index (χ2v) is 6.06. The minimum absolute atomic E-state index is 0.293. The molecule has 146 valence electrons. The van der Waals surface area contributed by atoms with E-state index in [4.69, 9.17) is 14.2 Å². The number of nitrogens with one attached hydrogen (secondary N) is 4. The average molecular weight is 349 g/mol. The van der Waals surface area contributed by atoms with E-state index in [0.29, 0.717) is 19.8 Å². The minimum atomic E-state index is -0.293. The molecule has 0 unspecified atom stereocenters. The summed E-state index contributed by atoms with van der Waals surface area (Å²) in [5.41, 5.74) is -0.293. The third-order valence-corrected chi connectivity index (χ3v) is 3.81. The number of likely N-dealkylation sites (N-methyl/N-ethyl adjacent to an activating group) is 1. The van der Waals surface area contributed by atoms with E-state index in [1.807, 2.05) is 28.2 Å². The molecule has 0 aromatic heterocycles. The summed E-state index contributed by atoms with van der Waals surface area (Å²) in [6.45, 7) is 6.88. The van der Waals surface area contributed by atoms with Crippen LogP contribution in [0.5, 0.6) is 0 Å². The highest BCUT2D eigenvalue weighted by molar-refractivity contribution is 4.87. The van der Waals surface area contributed by atoms with Crippen molar-refractivity contribution >= 4 is 0 Å². The van der Waals surface area contributed by atoms with Crippen LogP contribution in [0.15, 0.2) is 0 Å². The molecule has 0 aliphatic heterocycles.